The number of nitrogens with zero attached hydrogens (tertiary/aromatic N) is 2. The van der Waals surface area contributed by atoms with E-state index in [0.29, 0.717) is 28.3 Å². The van der Waals surface area contributed by atoms with Crippen LogP contribution in [0.25, 0.3) is 0 Å². The molecule has 240 valence electrons. The Balaban J connectivity index is 1.94. The molecule has 1 aliphatic heterocycles. The first-order chi connectivity index (χ1) is 21.2. The molecule has 1 aliphatic rings. The van der Waals surface area contributed by atoms with Crippen LogP contribution in [-0.4, -0.2) is 53.0 Å². The van der Waals surface area contributed by atoms with E-state index in [1.807, 2.05) is 18.2 Å². The minimum Gasteiger partial charge on any atom is -0.497 e. The lowest BCUT2D eigenvalue weighted by Crippen LogP contribution is -2.49. The van der Waals surface area contributed by atoms with Crippen LogP contribution < -0.4 is 14.4 Å². The van der Waals surface area contributed by atoms with Gasteiger partial charge in [-0.25, -0.2) is 0 Å². The van der Waals surface area contributed by atoms with Crippen LogP contribution in [0.4, 0.5) is 11.4 Å². The second kappa shape index (κ2) is 13.0. The topological polar surface area (TPSA) is 117 Å². The summed E-state index contributed by atoms with van der Waals surface area (Å²) in [6.45, 7) is 10.8. The fourth-order valence-electron chi connectivity index (χ4n) is 5.79. The van der Waals surface area contributed by atoms with E-state index in [9.17, 15) is 19.7 Å². The van der Waals surface area contributed by atoms with Crippen LogP contribution in [0.15, 0.2) is 66.7 Å². The van der Waals surface area contributed by atoms with Crippen molar-refractivity contribution in [3.63, 3.8) is 0 Å². The summed E-state index contributed by atoms with van der Waals surface area (Å²) in [7, 11) is 2.18. The third kappa shape index (κ3) is 6.32. The molecule has 0 fully saturated rings. The zero-order chi connectivity index (χ0) is 33.2. The first-order valence-corrected chi connectivity index (χ1v) is 17.7. The first-order valence-electron chi connectivity index (χ1n) is 14.8. The summed E-state index contributed by atoms with van der Waals surface area (Å²) in [4.78, 5) is 41.9. The molecule has 45 heavy (non-hydrogen) atoms. The number of anilines is 1. The molecule has 3 aromatic rings. The van der Waals surface area contributed by atoms with Gasteiger partial charge >= 0.3 is 5.97 Å². The summed E-state index contributed by atoms with van der Waals surface area (Å²) >= 11 is 0. The number of fused-ring (bicyclic) bond motifs is 1. The molecule has 11 heteroatoms. The van der Waals surface area contributed by atoms with Crippen LogP contribution in [0.3, 0.4) is 0 Å². The van der Waals surface area contributed by atoms with Gasteiger partial charge in [-0.05, 0) is 66.0 Å². The number of amides is 1. The van der Waals surface area contributed by atoms with Crippen LogP contribution in [0.2, 0.25) is 18.1 Å². The predicted octanol–water partition coefficient (Wildman–Crippen LogP) is 6.77. The average molecular weight is 635 g/mol. The van der Waals surface area contributed by atoms with E-state index >= 15 is 0 Å². The van der Waals surface area contributed by atoms with Crippen LogP contribution in [0, 0.1) is 10.1 Å². The highest BCUT2D eigenvalue weighted by molar-refractivity contribution is 6.74. The molecule has 10 nitrogen and oxygen atoms in total. The summed E-state index contributed by atoms with van der Waals surface area (Å²) in [6, 6.07) is 18.7. The number of carbonyl (C=O) groups is 2. The molecule has 3 aromatic carbocycles. The van der Waals surface area contributed by atoms with Crippen LogP contribution in [0.5, 0.6) is 11.5 Å². The average Bonchev–Trinajstić information content (AvgIpc) is 3.22. The van der Waals surface area contributed by atoms with Crippen molar-refractivity contribution in [1.29, 1.82) is 0 Å². The molecule has 2 unspecified atom stereocenters. The van der Waals surface area contributed by atoms with Gasteiger partial charge in [0.05, 0.1) is 24.6 Å². The molecular weight excluding hydrogens is 592 g/mol. The molecule has 0 saturated heterocycles. The smallest absolute Gasteiger partial charge is 0.314 e. The van der Waals surface area contributed by atoms with Crippen LogP contribution in [-0.2, 0) is 30.8 Å². The van der Waals surface area contributed by atoms with E-state index in [0.717, 1.165) is 0 Å². The number of hydrogen-bond donors (Lipinski definition) is 0. The largest absolute Gasteiger partial charge is 0.497 e. The van der Waals surface area contributed by atoms with Crippen molar-refractivity contribution in [1.82, 2.24) is 0 Å². The molecule has 0 spiro atoms. The molecular formula is C34H42N2O8Si. The Morgan fingerprint density at radius 1 is 1.00 bits per heavy atom. The molecule has 0 aromatic heterocycles. The Morgan fingerprint density at radius 3 is 2.24 bits per heavy atom. The number of para-hydroxylation sites is 1. The third-order valence-electron chi connectivity index (χ3n) is 9.22. The number of esters is 1. The van der Waals surface area contributed by atoms with E-state index in [2.05, 4.69) is 33.9 Å². The maximum atomic E-state index is 14.7. The van der Waals surface area contributed by atoms with Gasteiger partial charge in [0.25, 0.3) is 5.69 Å². The number of benzene rings is 3. The quantitative estimate of drug-likeness (QED) is 0.0928. The number of rotatable bonds is 12. The number of nitro groups is 1. The highest BCUT2D eigenvalue weighted by atomic mass is 28.4. The number of methoxy groups -OCH3 is 2. The van der Waals surface area contributed by atoms with Crippen LogP contribution in [0.1, 0.15) is 49.8 Å². The molecule has 2 atom stereocenters. The van der Waals surface area contributed by atoms with Crippen molar-refractivity contribution in [3.8, 4) is 11.5 Å². The van der Waals surface area contributed by atoms with Crippen molar-refractivity contribution in [2.75, 3.05) is 32.8 Å². The SMILES string of the molecule is COC(=O)C(c1ccccc1[N+](=O)[O-])C1(CCO[Si](C)(C)C(C)(C)C)C(=O)N(C)c2cccc(COc3ccc(OC)cc3)c21. The fraction of sp³-hybridized carbons (Fsp3) is 0.412. The van der Waals surface area contributed by atoms with Crippen molar-refractivity contribution in [2.45, 2.75) is 63.3 Å². The summed E-state index contributed by atoms with van der Waals surface area (Å²) in [5.41, 5.74) is 0.0661. The van der Waals surface area contributed by atoms with Crippen molar-refractivity contribution < 1.29 is 33.1 Å². The molecule has 4 rings (SSSR count). The summed E-state index contributed by atoms with van der Waals surface area (Å²) in [6.07, 6.45) is 0.0844. The normalized spacial score (nSPS) is 17.1. The Bertz CT molecular complexity index is 1570. The van der Waals surface area contributed by atoms with Gasteiger partial charge in [-0.3, -0.25) is 19.7 Å². The molecule has 0 radical (unpaired) electrons. The number of likely N-dealkylation sites (N-methyl/N-ethyl adjacent to an activating group) is 1. The minimum absolute atomic E-state index is 0.0756. The Morgan fingerprint density at radius 2 is 1.64 bits per heavy atom. The van der Waals surface area contributed by atoms with E-state index in [4.69, 9.17) is 18.6 Å². The van der Waals surface area contributed by atoms with Gasteiger partial charge in [-0.2, -0.15) is 0 Å². The third-order valence-corrected chi connectivity index (χ3v) is 13.8. The van der Waals surface area contributed by atoms with E-state index in [1.165, 1.54) is 30.2 Å². The van der Waals surface area contributed by atoms with Gasteiger partial charge in [0, 0.05) is 31.0 Å². The van der Waals surface area contributed by atoms with Gasteiger partial charge in [0.1, 0.15) is 24.0 Å². The molecule has 1 heterocycles. The predicted molar refractivity (Wildman–Crippen MR) is 174 cm³/mol. The standard InChI is InChI=1S/C34H42N2O8Si/c1-33(2,3)45(7,8)44-21-20-34(30(31(37)42-6)26-13-9-10-14-27(26)36(39)40)29-23(12-11-15-28(29)35(4)32(34)38)22-43-25-18-16-24(41-5)17-19-25/h9-19,30H,20-22H2,1-8H3. The summed E-state index contributed by atoms with van der Waals surface area (Å²) in [5, 5.41) is 12.2. The van der Waals surface area contributed by atoms with Crippen molar-refractivity contribution in [3.05, 3.63) is 93.5 Å². The van der Waals surface area contributed by atoms with Gasteiger partial charge in [-0.15, -0.1) is 0 Å². The summed E-state index contributed by atoms with van der Waals surface area (Å²) in [5.74, 6) is -1.20. The molecule has 1 amide bonds. The number of ether oxygens (including phenoxy) is 3. The highest BCUT2D eigenvalue weighted by Gasteiger charge is 2.60. The molecule has 0 saturated carbocycles. The van der Waals surface area contributed by atoms with Gasteiger partial charge < -0.3 is 23.5 Å². The highest BCUT2D eigenvalue weighted by Crippen LogP contribution is 2.55. The number of carbonyl (C=O) groups excluding carboxylic acids is 2. The van der Waals surface area contributed by atoms with E-state index in [1.54, 1.807) is 44.5 Å². The second-order valence-electron chi connectivity index (χ2n) is 12.7. The first kappa shape index (κ1) is 33.7. The van der Waals surface area contributed by atoms with Crippen molar-refractivity contribution >= 4 is 31.6 Å². The molecule has 0 N–H and O–H groups in total. The van der Waals surface area contributed by atoms with Gasteiger partial charge in [-0.1, -0.05) is 51.1 Å². The van der Waals surface area contributed by atoms with Gasteiger partial charge in [0.2, 0.25) is 5.91 Å². The minimum atomic E-state index is -2.28. The lowest BCUT2D eigenvalue weighted by atomic mass is 9.64. The van der Waals surface area contributed by atoms with Crippen LogP contribution >= 0.6 is 0 Å². The molecule has 0 bridgehead atoms. The Labute approximate surface area is 265 Å². The maximum Gasteiger partial charge on any atom is 0.314 e. The number of hydrogen-bond acceptors (Lipinski definition) is 8. The second-order valence-corrected chi connectivity index (χ2v) is 17.6. The summed E-state index contributed by atoms with van der Waals surface area (Å²) < 4.78 is 23.3. The maximum absolute atomic E-state index is 14.7. The Hall–Kier alpha value is -4.22. The zero-order valence-electron chi connectivity index (χ0n) is 27.2. The van der Waals surface area contributed by atoms with E-state index < -0.39 is 30.5 Å². The van der Waals surface area contributed by atoms with E-state index in [-0.39, 0.29) is 41.8 Å². The zero-order valence-corrected chi connectivity index (χ0v) is 28.2. The Kier molecular flexibility index (Phi) is 9.74. The lowest BCUT2D eigenvalue weighted by molar-refractivity contribution is -0.385. The van der Waals surface area contributed by atoms with Crippen molar-refractivity contribution in [2.24, 2.45) is 0 Å². The lowest BCUT2D eigenvalue weighted by Gasteiger charge is -2.39. The van der Waals surface area contributed by atoms with Gasteiger partial charge in [0.15, 0.2) is 8.32 Å². The number of nitro benzene ring substituents is 1. The fourth-order valence-corrected chi connectivity index (χ4v) is 6.83. The monoisotopic (exact) mass is 634 g/mol. The molecule has 0 aliphatic carbocycles.